The molecule has 1 aliphatic heterocycles. The van der Waals surface area contributed by atoms with Crippen molar-refractivity contribution in [1.82, 2.24) is 9.97 Å². The van der Waals surface area contributed by atoms with E-state index in [0.29, 0.717) is 10.8 Å². The first-order valence-electron chi connectivity index (χ1n) is 10.1. The highest BCUT2D eigenvalue weighted by Gasteiger charge is 2.38. The second-order valence-electron chi connectivity index (χ2n) is 7.50. The molecule has 1 N–H and O–H groups in total. The van der Waals surface area contributed by atoms with Gasteiger partial charge >= 0.3 is 0 Å². The number of nitrogens with one attached hydrogen (secondary N) is 1. The summed E-state index contributed by atoms with van der Waals surface area (Å²) in [7, 11) is 0. The fraction of sp³-hybridized carbons (Fsp3) is 0.217. The molecule has 6 nitrogen and oxygen atoms in total. The third-order valence-corrected chi connectivity index (χ3v) is 7.06. The minimum Gasteiger partial charge on any atom is -0.325 e. The minimum absolute atomic E-state index is 0.0516. The third kappa shape index (κ3) is 4.31. The van der Waals surface area contributed by atoms with Crippen LogP contribution in [-0.4, -0.2) is 33.6 Å². The molecule has 2 aliphatic rings. The lowest BCUT2D eigenvalue weighted by Crippen LogP contribution is -2.32. The van der Waals surface area contributed by atoms with Crippen molar-refractivity contribution in [3.63, 3.8) is 0 Å². The van der Waals surface area contributed by atoms with E-state index in [1.807, 2.05) is 60.4 Å². The maximum atomic E-state index is 13.2. The second kappa shape index (κ2) is 8.36. The van der Waals surface area contributed by atoms with Gasteiger partial charge in [-0.1, -0.05) is 35.7 Å². The summed E-state index contributed by atoms with van der Waals surface area (Å²) >= 11 is 2.88. The maximum absolute atomic E-state index is 13.2. The lowest BCUT2D eigenvalue weighted by molar-refractivity contribution is -0.113. The number of carbonyl (C=O) groups is 2. The van der Waals surface area contributed by atoms with E-state index >= 15 is 0 Å². The summed E-state index contributed by atoms with van der Waals surface area (Å²) in [6.45, 7) is 1.90. The summed E-state index contributed by atoms with van der Waals surface area (Å²) in [4.78, 5) is 38.0. The molecule has 156 valence electrons. The second-order valence-corrected chi connectivity index (χ2v) is 9.53. The molecule has 0 bridgehead atoms. The smallest absolute Gasteiger partial charge is 0.259 e. The lowest BCUT2D eigenvalue weighted by atomic mass is 10.1. The average molecular weight is 449 g/mol. The van der Waals surface area contributed by atoms with E-state index in [0.717, 1.165) is 39.6 Å². The fourth-order valence-electron chi connectivity index (χ4n) is 3.48. The molecule has 0 atom stereocenters. The van der Waals surface area contributed by atoms with E-state index in [2.05, 4.69) is 15.3 Å². The Balaban J connectivity index is 1.37. The van der Waals surface area contributed by atoms with Gasteiger partial charge in [-0.3, -0.25) is 9.59 Å². The van der Waals surface area contributed by atoms with E-state index in [4.69, 9.17) is 0 Å². The Morgan fingerprint density at radius 2 is 2.03 bits per heavy atom. The van der Waals surface area contributed by atoms with Crippen LogP contribution in [-0.2, 0) is 4.79 Å². The number of hydrogen-bond acceptors (Lipinski definition) is 6. The van der Waals surface area contributed by atoms with Crippen molar-refractivity contribution >= 4 is 46.7 Å². The summed E-state index contributed by atoms with van der Waals surface area (Å²) in [5.41, 5.74) is 3.23. The van der Waals surface area contributed by atoms with Crippen LogP contribution in [0.4, 0.5) is 11.4 Å². The molecule has 3 aromatic rings. The molecule has 2 heterocycles. The Morgan fingerprint density at radius 3 is 2.84 bits per heavy atom. The van der Waals surface area contributed by atoms with Crippen LogP contribution in [0.15, 0.2) is 69.7 Å². The van der Waals surface area contributed by atoms with Gasteiger partial charge in [0, 0.05) is 33.4 Å². The van der Waals surface area contributed by atoms with Gasteiger partial charge in [-0.2, -0.15) is 0 Å². The van der Waals surface area contributed by atoms with Gasteiger partial charge in [-0.05, 0) is 56.2 Å². The topological polar surface area (TPSA) is 75.2 Å². The van der Waals surface area contributed by atoms with Crippen molar-refractivity contribution in [3.05, 3.63) is 66.0 Å². The van der Waals surface area contributed by atoms with Gasteiger partial charge in [-0.15, -0.1) is 0 Å². The monoisotopic (exact) mass is 448 g/mol. The Labute approximate surface area is 188 Å². The van der Waals surface area contributed by atoms with Crippen molar-refractivity contribution in [3.8, 4) is 0 Å². The normalized spacial score (nSPS) is 15.1. The molecule has 31 heavy (non-hydrogen) atoms. The van der Waals surface area contributed by atoms with Crippen molar-refractivity contribution < 1.29 is 9.59 Å². The van der Waals surface area contributed by atoms with Crippen LogP contribution in [0.25, 0.3) is 0 Å². The van der Waals surface area contributed by atoms with Gasteiger partial charge < -0.3 is 10.2 Å². The van der Waals surface area contributed by atoms with Gasteiger partial charge in [0.05, 0.1) is 17.0 Å². The first-order chi connectivity index (χ1) is 15.1. The zero-order valence-corrected chi connectivity index (χ0v) is 18.5. The van der Waals surface area contributed by atoms with Gasteiger partial charge in [0.25, 0.3) is 5.91 Å². The van der Waals surface area contributed by atoms with Gasteiger partial charge in [0.1, 0.15) is 0 Å². The highest BCUT2D eigenvalue weighted by atomic mass is 32.2. The molecule has 2 amide bonds. The average Bonchev–Trinajstić information content (AvgIpc) is 3.60. The molecular weight excluding hydrogens is 428 g/mol. The number of rotatable bonds is 5. The number of fused-ring (bicyclic) bond motifs is 2. The number of hydrogen-bond donors (Lipinski definition) is 1. The van der Waals surface area contributed by atoms with Crippen molar-refractivity contribution in [1.29, 1.82) is 0 Å². The molecule has 0 saturated heterocycles. The van der Waals surface area contributed by atoms with E-state index < -0.39 is 0 Å². The lowest BCUT2D eigenvalue weighted by Gasteiger charge is -2.23. The molecule has 1 fully saturated rings. The van der Waals surface area contributed by atoms with Crippen LogP contribution in [0.2, 0.25) is 0 Å². The predicted octanol–water partition coefficient (Wildman–Crippen LogP) is 4.79. The zero-order valence-electron chi connectivity index (χ0n) is 16.9. The molecular formula is C23H20N4O2S2. The molecule has 2 aromatic carbocycles. The molecule has 0 unspecified atom stereocenters. The fourth-order valence-corrected chi connectivity index (χ4v) is 5.26. The first kappa shape index (κ1) is 20.1. The molecule has 0 spiro atoms. The van der Waals surface area contributed by atoms with E-state index in [9.17, 15) is 9.59 Å². The van der Waals surface area contributed by atoms with Crippen molar-refractivity contribution in [2.24, 2.45) is 0 Å². The zero-order chi connectivity index (χ0) is 21.4. The molecule has 1 aromatic heterocycles. The Bertz CT molecular complexity index is 1180. The predicted molar refractivity (Wildman–Crippen MR) is 123 cm³/mol. The summed E-state index contributed by atoms with van der Waals surface area (Å²) < 4.78 is 0. The number of aryl methyl sites for hydroxylation is 1. The summed E-state index contributed by atoms with van der Waals surface area (Å²) in [6, 6.07) is 15.6. The SMILES string of the molecule is Cc1ccnc(SCC(=O)Nc2ccc3c(c2)Sc2ccccc2C(=O)N3C2CC2)n1. The number of nitrogens with zero attached hydrogens (tertiary/aromatic N) is 3. The Hall–Kier alpha value is -2.84. The summed E-state index contributed by atoms with van der Waals surface area (Å²) in [5.74, 6) is 0.156. The van der Waals surface area contributed by atoms with Gasteiger partial charge in [0.15, 0.2) is 5.16 Å². The standard InChI is InChI=1S/C23H20N4O2S2/c1-14-10-11-24-23(25-14)30-13-21(28)26-15-6-9-18-20(12-15)31-19-5-3-2-4-17(19)22(29)27(18)16-7-8-16/h2-6,9-12,16H,7-8,13H2,1H3,(H,26,28). The summed E-state index contributed by atoms with van der Waals surface area (Å²) in [6.07, 6.45) is 3.74. The van der Waals surface area contributed by atoms with Crippen LogP contribution >= 0.6 is 23.5 Å². The first-order valence-corrected chi connectivity index (χ1v) is 11.9. The maximum Gasteiger partial charge on any atom is 0.259 e. The third-order valence-electron chi connectivity index (χ3n) is 5.08. The number of carbonyl (C=O) groups excluding carboxylic acids is 2. The van der Waals surface area contributed by atoms with Crippen LogP contribution in [0.3, 0.4) is 0 Å². The van der Waals surface area contributed by atoms with Crippen LogP contribution in [0, 0.1) is 6.92 Å². The molecule has 0 radical (unpaired) electrons. The number of anilines is 2. The van der Waals surface area contributed by atoms with Crippen LogP contribution in [0.1, 0.15) is 28.9 Å². The number of thioether (sulfide) groups is 1. The number of amides is 2. The molecule has 8 heteroatoms. The quantitative estimate of drug-likeness (QED) is 0.447. The van der Waals surface area contributed by atoms with E-state index in [1.165, 1.54) is 11.8 Å². The van der Waals surface area contributed by atoms with Gasteiger partial charge in [0.2, 0.25) is 5.91 Å². The van der Waals surface area contributed by atoms with Crippen molar-refractivity contribution in [2.75, 3.05) is 16.0 Å². The molecule has 1 saturated carbocycles. The number of aromatic nitrogens is 2. The minimum atomic E-state index is -0.121. The molecule has 1 aliphatic carbocycles. The largest absolute Gasteiger partial charge is 0.325 e. The van der Waals surface area contributed by atoms with E-state index in [1.54, 1.807) is 18.0 Å². The Kier molecular flexibility index (Phi) is 5.41. The Morgan fingerprint density at radius 1 is 1.19 bits per heavy atom. The van der Waals surface area contributed by atoms with Crippen molar-refractivity contribution in [2.45, 2.75) is 40.8 Å². The highest BCUT2D eigenvalue weighted by molar-refractivity contribution is 8.00. The number of benzene rings is 2. The van der Waals surface area contributed by atoms with E-state index in [-0.39, 0.29) is 23.6 Å². The summed E-state index contributed by atoms with van der Waals surface area (Å²) in [5, 5.41) is 3.55. The van der Waals surface area contributed by atoms with Crippen LogP contribution in [0.5, 0.6) is 0 Å². The van der Waals surface area contributed by atoms with Crippen LogP contribution < -0.4 is 10.2 Å². The highest BCUT2D eigenvalue weighted by Crippen LogP contribution is 2.46. The molecule has 5 rings (SSSR count). The van der Waals surface area contributed by atoms with Gasteiger partial charge in [-0.25, -0.2) is 9.97 Å².